The van der Waals surface area contributed by atoms with E-state index in [1.54, 1.807) is 29.2 Å². The second kappa shape index (κ2) is 5.59. The summed E-state index contributed by atoms with van der Waals surface area (Å²) in [6.45, 7) is 2.76. The average molecular weight is 248 g/mol. The summed E-state index contributed by atoms with van der Waals surface area (Å²) in [7, 11) is 1.53. The van der Waals surface area contributed by atoms with Crippen LogP contribution in [0.3, 0.4) is 0 Å². The molecule has 0 aliphatic carbocycles. The van der Waals surface area contributed by atoms with Gasteiger partial charge in [0.25, 0.3) is 0 Å². The molecule has 1 N–H and O–H groups in total. The highest BCUT2D eigenvalue weighted by Crippen LogP contribution is 2.27. The molecule has 18 heavy (non-hydrogen) atoms. The molecule has 6 heteroatoms. The van der Waals surface area contributed by atoms with Crippen LogP contribution in [-0.2, 0) is 6.54 Å². The Morgan fingerprint density at radius 1 is 1.50 bits per heavy atom. The number of aromatic nitrogens is 4. The molecular weight excluding hydrogens is 232 g/mol. The standard InChI is InChI=1S/C12H16N4O2/c1-3-7-16-10(8-14-15-16)11(17)9-5-4-6-13-12(9)18-2/h4-6,8,11,17H,3,7H2,1-2H3. The lowest BCUT2D eigenvalue weighted by Gasteiger charge is -2.14. The number of pyridine rings is 1. The molecule has 0 radical (unpaired) electrons. The van der Waals surface area contributed by atoms with Crippen molar-refractivity contribution in [3.8, 4) is 5.88 Å². The Hall–Kier alpha value is -1.95. The summed E-state index contributed by atoms with van der Waals surface area (Å²) >= 11 is 0. The van der Waals surface area contributed by atoms with Crippen molar-refractivity contribution in [2.75, 3.05) is 7.11 Å². The summed E-state index contributed by atoms with van der Waals surface area (Å²) in [5.41, 5.74) is 1.25. The van der Waals surface area contributed by atoms with E-state index in [-0.39, 0.29) is 0 Å². The van der Waals surface area contributed by atoms with Crippen molar-refractivity contribution in [2.24, 2.45) is 0 Å². The summed E-state index contributed by atoms with van der Waals surface area (Å²) in [6.07, 6.45) is 3.27. The molecular formula is C12H16N4O2. The van der Waals surface area contributed by atoms with Gasteiger partial charge in [-0.05, 0) is 18.6 Å². The van der Waals surface area contributed by atoms with Gasteiger partial charge in [-0.15, -0.1) is 5.10 Å². The van der Waals surface area contributed by atoms with Crippen molar-refractivity contribution in [3.63, 3.8) is 0 Å². The number of aliphatic hydroxyl groups is 1. The second-order valence-corrected chi connectivity index (χ2v) is 3.89. The van der Waals surface area contributed by atoms with Gasteiger partial charge in [-0.3, -0.25) is 0 Å². The topological polar surface area (TPSA) is 73.1 Å². The summed E-state index contributed by atoms with van der Waals surface area (Å²) in [6, 6.07) is 3.54. The first-order valence-corrected chi connectivity index (χ1v) is 5.83. The van der Waals surface area contributed by atoms with Gasteiger partial charge in [0.1, 0.15) is 6.10 Å². The molecule has 0 aliphatic rings. The minimum absolute atomic E-state index is 0.411. The molecule has 2 heterocycles. The molecule has 0 aromatic carbocycles. The molecule has 2 rings (SSSR count). The lowest BCUT2D eigenvalue weighted by atomic mass is 10.1. The molecule has 0 fully saturated rings. The van der Waals surface area contributed by atoms with Crippen molar-refractivity contribution >= 4 is 0 Å². The van der Waals surface area contributed by atoms with Crippen molar-refractivity contribution in [3.05, 3.63) is 35.8 Å². The van der Waals surface area contributed by atoms with Crippen LogP contribution in [0.5, 0.6) is 5.88 Å². The third kappa shape index (κ3) is 2.33. The summed E-state index contributed by atoms with van der Waals surface area (Å²) in [5, 5.41) is 18.2. The predicted molar refractivity (Wildman–Crippen MR) is 65.2 cm³/mol. The van der Waals surface area contributed by atoms with E-state index in [4.69, 9.17) is 4.74 Å². The Kier molecular flexibility index (Phi) is 3.88. The van der Waals surface area contributed by atoms with Crippen LogP contribution < -0.4 is 4.74 Å². The van der Waals surface area contributed by atoms with Gasteiger partial charge in [-0.25, -0.2) is 9.67 Å². The number of hydrogen-bond acceptors (Lipinski definition) is 5. The molecule has 0 amide bonds. The van der Waals surface area contributed by atoms with Crippen molar-refractivity contribution in [1.29, 1.82) is 0 Å². The smallest absolute Gasteiger partial charge is 0.219 e. The lowest BCUT2D eigenvalue weighted by Crippen LogP contribution is -2.11. The van der Waals surface area contributed by atoms with Crippen molar-refractivity contribution in [2.45, 2.75) is 26.0 Å². The van der Waals surface area contributed by atoms with Gasteiger partial charge in [0.2, 0.25) is 5.88 Å². The molecule has 96 valence electrons. The van der Waals surface area contributed by atoms with E-state index in [0.29, 0.717) is 17.1 Å². The third-order valence-corrected chi connectivity index (χ3v) is 2.65. The zero-order chi connectivity index (χ0) is 13.0. The van der Waals surface area contributed by atoms with E-state index in [0.717, 1.165) is 13.0 Å². The Labute approximate surface area is 105 Å². The van der Waals surface area contributed by atoms with Gasteiger partial charge in [0, 0.05) is 18.3 Å². The minimum Gasteiger partial charge on any atom is -0.481 e. The van der Waals surface area contributed by atoms with Gasteiger partial charge >= 0.3 is 0 Å². The monoisotopic (exact) mass is 248 g/mol. The zero-order valence-corrected chi connectivity index (χ0v) is 10.4. The van der Waals surface area contributed by atoms with Crippen LogP contribution >= 0.6 is 0 Å². The van der Waals surface area contributed by atoms with E-state index in [1.165, 1.54) is 7.11 Å². The molecule has 1 unspecified atom stereocenters. The highest BCUT2D eigenvalue weighted by Gasteiger charge is 2.20. The Morgan fingerprint density at radius 2 is 2.33 bits per heavy atom. The van der Waals surface area contributed by atoms with E-state index >= 15 is 0 Å². The lowest BCUT2D eigenvalue weighted by molar-refractivity contribution is 0.201. The molecule has 1 atom stereocenters. The van der Waals surface area contributed by atoms with E-state index < -0.39 is 6.10 Å². The highest BCUT2D eigenvalue weighted by atomic mass is 16.5. The van der Waals surface area contributed by atoms with Crippen LogP contribution in [0.1, 0.15) is 30.7 Å². The average Bonchev–Trinajstić information content (AvgIpc) is 2.86. The molecule has 0 saturated carbocycles. The maximum atomic E-state index is 10.4. The number of hydrogen-bond donors (Lipinski definition) is 1. The van der Waals surface area contributed by atoms with Gasteiger partial charge in [0.15, 0.2) is 0 Å². The number of methoxy groups -OCH3 is 1. The van der Waals surface area contributed by atoms with Gasteiger partial charge in [0.05, 0.1) is 19.0 Å². The van der Waals surface area contributed by atoms with E-state index in [2.05, 4.69) is 15.3 Å². The molecule has 0 saturated heterocycles. The largest absolute Gasteiger partial charge is 0.481 e. The fourth-order valence-corrected chi connectivity index (χ4v) is 1.80. The Balaban J connectivity index is 2.35. The second-order valence-electron chi connectivity index (χ2n) is 3.89. The van der Waals surface area contributed by atoms with Crippen molar-refractivity contribution < 1.29 is 9.84 Å². The fraction of sp³-hybridized carbons (Fsp3) is 0.417. The first-order valence-electron chi connectivity index (χ1n) is 5.83. The number of aliphatic hydroxyl groups excluding tert-OH is 1. The van der Waals surface area contributed by atoms with Gasteiger partial charge in [-0.2, -0.15) is 0 Å². The van der Waals surface area contributed by atoms with Crippen LogP contribution in [0.15, 0.2) is 24.5 Å². The highest BCUT2D eigenvalue weighted by molar-refractivity contribution is 5.32. The maximum Gasteiger partial charge on any atom is 0.219 e. The predicted octanol–water partition coefficient (Wildman–Crippen LogP) is 1.17. The van der Waals surface area contributed by atoms with Crippen LogP contribution in [0.4, 0.5) is 0 Å². The zero-order valence-electron chi connectivity index (χ0n) is 10.4. The summed E-state index contributed by atoms with van der Waals surface area (Å²) in [5.74, 6) is 0.411. The Morgan fingerprint density at radius 3 is 3.06 bits per heavy atom. The molecule has 6 nitrogen and oxygen atoms in total. The normalized spacial score (nSPS) is 12.4. The number of rotatable bonds is 5. The summed E-state index contributed by atoms with van der Waals surface area (Å²) < 4.78 is 6.83. The maximum absolute atomic E-state index is 10.4. The quantitative estimate of drug-likeness (QED) is 0.860. The Bertz CT molecular complexity index is 512. The third-order valence-electron chi connectivity index (χ3n) is 2.65. The number of aryl methyl sites for hydroxylation is 1. The van der Waals surface area contributed by atoms with Crippen LogP contribution in [-0.4, -0.2) is 32.2 Å². The first-order chi connectivity index (χ1) is 8.77. The molecule has 0 spiro atoms. The van der Waals surface area contributed by atoms with Crippen molar-refractivity contribution in [1.82, 2.24) is 20.0 Å². The minimum atomic E-state index is -0.838. The molecule has 0 aliphatic heterocycles. The summed E-state index contributed by atoms with van der Waals surface area (Å²) in [4.78, 5) is 4.07. The van der Waals surface area contributed by atoms with Crippen LogP contribution in [0, 0.1) is 0 Å². The fourth-order valence-electron chi connectivity index (χ4n) is 1.80. The van der Waals surface area contributed by atoms with E-state index in [9.17, 15) is 5.11 Å². The van der Waals surface area contributed by atoms with Crippen LogP contribution in [0.25, 0.3) is 0 Å². The van der Waals surface area contributed by atoms with E-state index in [1.807, 2.05) is 6.92 Å². The molecule has 2 aromatic heterocycles. The SMILES string of the molecule is CCCn1nncc1C(O)c1cccnc1OC. The van der Waals surface area contributed by atoms with Gasteiger partial charge in [-0.1, -0.05) is 12.1 Å². The van der Waals surface area contributed by atoms with Crippen LogP contribution in [0.2, 0.25) is 0 Å². The number of nitrogens with zero attached hydrogens (tertiary/aromatic N) is 4. The van der Waals surface area contributed by atoms with Gasteiger partial charge < -0.3 is 9.84 Å². The number of ether oxygens (including phenoxy) is 1. The molecule has 2 aromatic rings. The molecule has 0 bridgehead atoms. The first kappa shape index (κ1) is 12.5.